The molecule has 1 aliphatic rings. The van der Waals surface area contributed by atoms with E-state index in [0.717, 1.165) is 19.5 Å². The molecule has 1 aromatic carbocycles. The van der Waals surface area contributed by atoms with Crippen molar-refractivity contribution in [2.24, 2.45) is 0 Å². The summed E-state index contributed by atoms with van der Waals surface area (Å²) in [6, 6.07) is 4.42. The summed E-state index contributed by atoms with van der Waals surface area (Å²) in [7, 11) is 1.77. The average molecular weight is 338 g/mol. The summed E-state index contributed by atoms with van der Waals surface area (Å²) in [5.41, 5.74) is 1.45. The molecule has 0 spiro atoms. The molecule has 1 atom stereocenters. The first-order valence-corrected chi connectivity index (χ1v) is 7.72. The number of amides is 1. The summed E-state index contributed by atoms with van der Waals surface area (Å²) in [5, 5.41) is 11.2. The quantitative estimate of drug-likeness (QED) is 0.927. The van der Waals surface area contributed by atoms with Crippen molar-refractivity contribution in [2.75, 3.05) is 20.1 Å². The van der Waals surface area contributed by atoms with E-state index < -0.39 is 5.82 Å². The predicted molar refractivity (Wildman–Crippen MR) is 84.4 cm³/mol. The number of nitrogens with zero attached hydrogens (tertiary/aromatic N) is 4. The number of carbonyl (C=O) groups is 1. The number of hydrogen-bond donors (Lipinski definition) is 1. The third kappa shape index (κ3) is 2.94. The van der Waals surface area contributed by atoms with E-state index in [-0.39, 0.29) is 17.0 Å². The Balaban J connectivity index is 1.89. The number of likely N-dealkylation sites (N-methyl/N-ethyl adjacent to an activating group) is 1. The van der Waals surface area contributed by atoms with Crippen molar-refractivity contribution in [1.82, 2.24) is 25.2 Å². The van der Waals surface area contributed by atoms with Gasteiger partial charge in [-0.05, 0) is 38.1 Å². The molecule has 1 saturated heterocycles. The van der Waals surface area contributed by atoms with Gasteiger partial charge in [0.25, 0.3) is 5.91 Å². The summed E-state index contributed by atoms with van der Waals surface area (Å²) < 4.78 is 14.8. The Morgan fingerprint density at radius 1 is 1.52 bits per heavy atom. The van der Waals surface area contributed by atoms with Crippen molar-refractivity contribution in [2.45, 2.75) is 19.4 Å². The molecule has 6 nitrogen and oxygen atoms in total. The highest BCUT2D eigenvalue weighted by Gasteiger charge is 2.27. The lowest BCUT2D eigenvalue weighted by atomic mass is 10.2. The van der Waals surface area contributed by atoms with Crippen LogP contribution in [0.2, 0.25) is 5.02 Å². The van der Waals surface area contributed by atoms with Crippen molar-refractivity contribution in [3.63, 3.8) is 0 Å². The van der Waals surface area contributed by atoms with E-state index >= 15 is 0 Å². The molecular formula is C15H17ClFN5O. The number of rotatable bonds is 3. The molecule has 0 bridgehead atoms. The second kappa shape index (κ2) is 6.25. The van der Waals surface area contributed by atoms with Gasteiger partial charge in [-0.25, -0.2) is 9.07 Å². The van der Waals surface area contributed by atoms with Crippen molar-refractivity contribution >= 4 is 17.5 Å². The van der Waals surface area contributed by atoms with Crippen molar-refractivity contribution < 1.29 is 9.18 Å². The molecule has 8 heteroatoms. The highest BCUT2D eigenvalue weighted by molar-refractivity contribution is 6.30. The minimum atomic E-state index is -0.502. The van der Waals surface area contributed by atoms with Crippen molar-refractivity contribution in [3.05, 3.63) is 40.4 Å². The van der Waals surface area contributed by atoms with Gasteiger partial charge < -0.3 is 10.2 Å². The summed E-state index contributed by atoms with van der Waals surface area (Å²) >= 11 is 5.80. The molecule has 2 aromatic rings. The highest BCUT2D eigenvalue weighted by atomic mass is 35.5. The Hall–Kier alpha value is -1.99. The van der Waals surface area contributed by atoms with Crippen LogP contribution in [0.1, 0.15) is 22.6 Å². The average Bonchev–Trinajstić information content (AvgIpc) is 3.18. The molecule has 3 rings (SSSR count). The minimum Gasteiger partial charge on any atom is -0.336 e. The molecule has 1 unspecified atom stereocenters. The zero-order valence-corrected chi connectivity index (χ0v) is 13.6. The Morgan fingerprint density at radius 3 is 2.96 bits per heavy atom. The number of aromatic nitrogens is 3. The van der Waals surface area contributed by atoms with E-state index in [1.165, 1.54) is 16.8 Å². The Kier molecular flexibility index (Phi) is 4.32. The molecule has 23 heavy (non-hydrogen) atoms. The molecule has 0 saturated carbocycles. The van der Waals surface area contributed by atoms with Gasteiger partial charge in [-0.1, -0.05) is 16.8 Å². The van der Waals surface area contributed by atoms with E-state index in [9.17, 15) is 9.18 Å². The lowest BCUT2D eigenvalue weighted by Crippen LogP contribution is -2.38. The first kappa shape index (κ1) is 15.9. The van der Waals surface area contributed by atoms with Gasteiger partial charge in [-0.3, -0.25) is 4.79 Å². The second-order valence-electron chi connectivity index (χ2n) is 5.60. The van der Waals surface area contributed by atoms with E-state index in [1.807, 2.05) is 0 Å². The van der Waals surface area contributed by atoms with Crippen LogP contribution in [0.4, 0.5) is 4.39 Å². The maximum Gasteiger partial charge on any atom is 0.276 e. The lowest BCUT2D eigenvalue weighted by Gasteiger charge is -2.22. The van der Waals surface area contributed by atoms with Crippen LogP contribution in [-0.2, 0) is 0 Å². The largest absolute Gasteiger partial charge is 0.336 e. The van der Waals surface area contributed by atoms with E-state index in [1.54, 1.807) is 24.9 Å². The lowest BCUT2D eigenvalue weighted by molar-refractivity contribution is 0.0737. The van der Waals surface area contributed by atoms with Gasteiger partial charge in [-0.15, -0.1) is 5.10 Å². The van der Waals surface area contributed by atoms with Crippen LogP contribution in [0.25, 0.3) is 5.69 Å². The molecule has 1 N–H and O–H groups in total. The molecular weight excluding hydrogens is 321 g/mol. The zero-order chi connectivity index (χ0) is 16.6. The summed E-state index contributed by atoms with van der Waals surface area (Å²) in [6.07, 6.45) is 0.920. The third-order valence-corrected chi connectivity index (χ3v) is 4.44. The fourth-order valence-electron chi connectivity index (χ4n) is 2.69. The van der Waals surface area contributed by atoms with Crippen LogP contribution >= 0.6 is 11.6 Å². The zero-order valence-electron chi connectivity index (χ0n) is 12.9. The maximum atomic E-state index is 13.3. The van der Waals surface area contributed by atoms with Crippen LogP contribution in [0, 0.1) is 12.7 Å². The van der Waals surface area contributed by atoms with Gasteiger partial charge in [0.1, 0.15) is 5.82 Å². The molecule has 1 aliphatic heterocycles. The molecule has 0 radical (unpaired) electrons. The molecule has 1 amide bonds. The van der Waals surface area contributed by atoms with Crippen LogP contribution in [0.15, 0.2) is 18.2 Å². The minimum absolute atomic E-state index is 0.000533. The fourth-order valence-corrected chi connectivity index (χ4v) is 2.87. The first-order chi connectivity index (χ1) is 11.0. The molecule has 1 fully saturated rings. The monoisotopic (exact) mass is 337 g/mol. The highest BCUT2D eigenvalue weighted by Crippen LogP contribution is 2.21. The van der Waals surface area contributed by atoms with Gasteiger partial charge in [0.05, 0.1) is 16.4 Å². The number of benzene rings is 1. The van der Waals surface area contributed by atoms with Gasteiger partial charge in [0.15, 0.2) is 5.69 Å². The van der Waals surface area contributed by atoms with Crippen LogP contribution in [-0.4, -0.2) is 52.0 Å². The van der Waals surface area contributed by atoms with Gasteiger partial charge in [0, 0.05) is 19.6 Å². The molecule has 0 aliphatic carbocycles. The maximum absolute atomic E-state index is 13.3. The molecule has 122 valence electrons. The Bertz CT molecular complexity index is 741. The molecule has 1 aromatic heterocycles. The smallest absolute Gasteiger partial charge is 0.276 e. The Labute approximate surface area is 138 Å². The van der Waals surface area contributed by atoms with Crippen LogP contribution < -0.4 is 5.32 Å². The third-order valence-electron chi connectivity index (χ3n) is 4.15. The van der Waals surface area contributed by atoms with Gasteiger partial charge in [0.2, 0.25) is 0 Å². The topological polar surface area (TPSA) is 63.1 Å². The van der Waals surface area contributed by atoms with Crippen molar-refractivity contribution in [3.8, 4) is 5.69 Å². The van der Waals surface area contributed by atoms with Gasteiger partial charge >= 0.3 is 0 Å². The predicted octanol–water partition coefficient (Wildman–Crippen LogP) is 1.80. The van der Waals surface area contributed by atoms with Gasteiger partial charge in [-0.2, -0.15) is 0 Å². The van der Waals surface area contributed by atoms with Crippen LogP contribution in [0.3, 0.4) is 0 Å². The summed E-state index contributed by atoms with van der Waals surface area (Å²) in [6.45, 7) is 3.44. The summed E-state index contributed by atoms with van der Waals surface area (Å²) in [4.78, 5) is 14.3. The van der Waals surface area contributed by atoms with Crippen molar-refractivity contribution in [1.29, 1.82) is 0 Å². The standard InChI is InChI=1S/C15H17ClFN5O/c1-9-14(15(23)21(2)11-5-6-18-8-11)19-20-22(9)10-3-4-13(17)12(16)7-10/h3-4,7,11,18H,5-6,8H2,1-2H3. The van der Waals surface area contributed by atoms with Crippen LogP contribution in [0.5, 0.6) is 0 Å². The normalized spacial score (nSPS) is 17.5. The number of carbonyl (C=O) groups excluding carboxylic acids is 1. The van der Waals surface area contributed by atoms with E-state index in [2.05, 4.69) is 15.6 Å². The Morgan fingerprint density at radius 2 is 2.30 bits per heavy atom. The number of nitrogens with one attached hydrogen (secondary N) is 1. The van der Waals surface area contributed by atoms with E-state index in [4.69, 9.17) is 11.6 Å². The first-order valence-electron chi connectivity index (χ1n) is 7.34. The molecule has 2 heterocycles. The number of halogens is 2. The second-order valence-corrected chi connectivity index (χ2v) is 6.00. The fraction of sp³-hybridized carbons (Fsp3) is 0.400. The summed E-state index contributed by atoms with van der Waals surface area (Å²) in [5.74, 6) is -0.673. The van der Waals surface area contributed by atoms with E-state index in [0.29, 0.717) is 17.1 Å². The number of hydrogen-bond acceptors (Lipinski definition) is 4. The SMILES string of the molecule is Cc1c(C(=O)N(C)C2CCNC2)nnn1-c1ccc(F)c(Cl)c1.